The van der Waals surface area contributed by atoms with Gasteiger partial charge in [-0.15, -0.1) is 10.2 Å². The van der Waals surface area contributed by atoms with Crippen molar-refractivity contribution in [3.05, 3.63) is 72.8 Å². The Labute approximate surface area is 157 Å². The van der Waals surface area contributed by atoms with Crippen molar-refractivity contribution in [3.63, 3.8) is 0 Å². The van der Waals surface area contributed by atoms with Crippen molar-refractivity contribution >= 4 is 38.0 Å². The predicted molar refractivity (Wildman–Crippen MR) is 107 cm³/mol. The molecular formula is C21H12N4OS. The topological polar surface area (TPSA) is 56.2 Å². The fraction of sp³-hybridized carbons (Fsp3) is 0. The zero-order valence-electron chi connectivity index (χ0n) is 14.0. The van der Waals surface area contributed by atoms with E-state index in [9.17, 15) is 0 Å². The van der Waals surface area contributed by atoms with Gasteiger partial charge in [-0.2, -0.15) is 9.61 Å². The van der Waals surface area contributed by atoms with Gasteiger partial charge in [0.1, 0.15) is 10.6 Å². The average molecular weight is 368 g/mol. The third-order valence-corrected chi connectivity index (χ3v) is 5.58. The van der Waals surface area contributed by atoms with E-state index in [1.807, 2.05) is 42.5 Å². The zero-order chi connectivity index (χ0) is 17.8. The molecule has 0 saturated carbocycles. The van der Waals surface area contributed by atoms with Gasteiger partial charge in [-0.05, 0) is 29.0 Å². The third kappa shape index (κ3) is 2.27. The van der Waals surface area contributed by atoms with Gasteiger partial charge in [-0.25, -0.2) is 0 Å². The molecule has 27 heavy (non-hydrogen) atoms. The number of hydrogen-bond acceptors (Lipinski definition) is 5. The van der Waals surface area contributed by atoms with Crippen LogP contribution in [0.2, 0.25) is 0 Å². The molecular weight excluding hydrogens is 356 g/mol. The maximum absolute atomic E-state index is 5.93. The molecule has 3 aromatic heterocycles. The Morgan fingerprint density at radius 2 is 1.59 bits per heavy atom. The average Bonchev–Trinajstić information content (AvgIpc) is 3.40. The van der Waals surface area contributed by atoms with Crippen LogP contribution in [-0.4, -0.2) is 19.8 Å². The number of furan rings is 1. The lowest BCUT2D eigenvalue weighted by Gasteiger charge is -2.00. The second-order valence-corrected chi connectivity index (χ2v) is 7.29. The van der Waals surface area contributed by atoms with Gasteiger partial charge < -0.3 is 4.42 Å². The van der Waals surface area contributed by atoms with Crippen LogP contribution in [0.1, 0.15) is 0 Å². The molecule has 5 nitrogen and oxygen atoms in total. The van der Waals surface area contributed by atoms with Crippen LogP contribution in [0.15, 0.2) is 77.2 Å². The van der Waals surface area contributed by atoms with Crippen molar-refractivity contribution in [3.8, 4) is 22.2 Å². The minimum Gasteiger partial charge on any atom is -0.453 e. The van der Waals surface area contributed by atoms with Crippen molar-refractivity contribution in [1.29, 1.82) is 0 Å². The standard InChI is InChI=1S/C21H12N4OS/c1-2-6-14-11-16(10-9-13(14)5-1)20-24-25-19(22-23-21(25)27-20)18-12-15-7-3-4-8-17(15)26-18/h1-12H. The minimum absolute atomic E-state index is 0.615. The van der Waals surface area contributed by atoms with E-state index in [1.54, 1.807) is 4.52 Å². The van der Waals surface area contributed by atoms with Crippen LogP contribution >= 0.6 is 11.3 Å². The van der Waals surface area contributed by atoms with Gasteiger partial charge in [0.15, 0.2) is 5.76 Å². The Morgan fingerprint density at radius 1 is 0.778 bits per heavy atom. The van der Waals surface area contributed by atoms with Gasteiger partial charge in [0, 0.05) is 10.9 Å². The van der Waals surface area contributed by atoms with Crippen molar-refractivity contribution in [2.24, 2.45) is 0 Å². The van der Waals surface area contributed by atoms with Crippen molar-refractivity contribution in [1.82, 2.24) is 19.8 Å². The number of hydrogen-bond donors (Lipinski definition) is 0. The van der Waals surface area contributed by atoms with Gasteiger partial charge in [0.05, 0.1) is 0 Å². The van der Waals surface area contributed by atoms with Crippen molar-refractivity contribution in [2.45, 2.75) is 0 Å². The second-order valence-electron chi connectivity index (χ2n) is 6.34. The van der Waals surface area contributed by atoms with Gasteiger partial charge in [0.25, 0.3) is 0 Å². The highest BCUT2D eigenvalue weighted by atomic mass is 32.1. The molecule has 0 aliphatic rings. The molecule has 6 aromatic rings. The Morgan fingerprint density at radius 3 is 2.48 bits per heavy atom. The van der Waals surface area contributed by atoms with Crippen LogP contribution in [0.25, 0.3) is 48.9 Å². The summed E-state index contributed by atoms with van der Waals surface area (Å²) in [5.74, 6) is 1.28. The SMILES string of the molecule is c1ccc2cc(-c3nn4c(-c5cc6ccccc6o5)nnc4s3)ccc2c1. The summed E-state index contributed by atoms with van der Waals surface area (Å²) in [5, 5.41) is 17.7. The Kier molecular flexibility index (Phi) is 2.98. The van der Waals surface area contributed by atoms with E-state index in [0.717, 1.165) is 26.5 Å². The number of benzene rings is 3. The van der Waals surface area contributed by atoms with E-state index >= 15 is 0 Å². The van der Waals surface area contributed by atoms with Crippen LogP contribution < -0.4 is 0 Å². The molecule has 0 bridgehead atoms. The van der Waals surface area contributed by atoms with Crippen LogP contribution in [0, 0.1) is 0 Å². The summed E-state index contributed by atoms with van der Waals surface area (Å²) >= 11 is 1.52. The predicted octanol–water partition coefficient (Wildman–Crippen LogP) is 5.42. The molecule has 128 valence electrons. The van der Waals surface area contributed by atoms with E-state index in [-0.39, 0.29) is 0 Å². The summed E-state index contributed by atoms with van der Waals surface area (Å²) in [6.07, 6.45) is 0. The van der Waals surface area contributed by atoms with Crippen LogP contribution in [0.3, 0.4) is 0 Å². The largest absolute Gasteiger partial charge is 0.453 e. The highest BCUT2D eigenvalue weighted by Gasteiger charge is 2.17. The molecule has 0 fully saturated rings. The van der Waals surface area contributed by atoms with Crippen molar-refractivity contribution < 1.29 is 4.42 Å². The van der Waals surface area contributed by atoms with E-state index < -0.39 is 0 Å². The Bertz CT molecular complexity index is 1410. The zero-order valence-corrected chi connectivity index (χ0v) is 14.9. The molecule has 0 atom stereocenters. The van der Waals surface area contributed by atoms with Crippen molar-refractivity contribution in [2.75, 3.05) is 0 Å². The summed E-state index contributed by atoms with van der Waals surface area (Å²) in [5.41, 5.74) is 1.90. The number of para-hydroxylation sites is 1. The fourth-order valence-electron chi connectivity index (χ4n) is 3.30. The Hall–Kier alpha value is -3.51. The highest BCUT2D eigenvalue weighted by Crippen LogP contribution is 2.31. The monoisotopic (exact) mass is 368 g/mol. The normalized spacial score (nSPS) is 11.7. The maximum atomic E-state index is 5.93. The van der Waals surface area contributed by atoms with E-state index in [2.05, 4.69) is 40.5 Å². The number of aromatic nitrogens is 4. The summed E-state index contributed by atoms with van der Waals surface area (Å²) < 4.78 is 7.69. The molecule has 0 unspecified atom stereocenters. The fourth-order valence-corrected chi connectivity index (χ4v) is 4.14. The van der Waals surface area contributed by atoms with Gasteiger partial charge in [-0.1, -0.05) is 65.9 Å². The summed E-state index contributed by atoms with van der Waals surface area (Å²) in [6, 6.07) is 24.6. The first kappa shape index (κ1) is 14.6. The molecule has 0 aliphatic carbocycles. The molecule has 3 heterocycles. The lowest BCUT2D eigenvalue weighted by molar-refractivity contribution is 0.622. The number of rotatable bonds is 2. The number of fused-ring (bicyclic) bond motifs is 3. The van der Waals surface area contributed by atoms with Gasteiger partial charge in [-0.3, -0.25) is 0 Å². The highest BCUT2D eigenvalue weighted by molar-refractivity contribution is 7.19. The summed E-state index contributed by atoms with van der Waals surface area (Å²) in [6.45, 7) is 0. The van der Waals surface area contributed by atoms with Gasteiger partial charge in [0.2, 0.25) is 10.8 Å². The third-order valence-electron chi connectivity index (χ3n) is 4.63. The lowest BCUT2D eigenvalue weighted by atomic mass is 10.1. The van der Waals surface area contributed by atoms with Gasteiger partial charge >= 0.3 is 0 Å². The molecule has 0 aliphatic heterocycles. The molecule has 0 N–H and O–H groups in total. The Balaban J connectivity index is 1.50. The summed E-state index contributed by atoms with van der Waals surface area (Å²) in [7, 11) is 0. The van der Waals surface area contributed by atoms with Crippen LogP contribution in [-0.2, 0) is 0 Å². The van der Waals surface area contributed by atoms with E-state index in [1.165, 1.54) is 22.1 Å². The van der Waals surface area contributed by atoms with E-state index in [4.69, 9.17) is 9.52 Å². The molecule has 0 saturated heterocycles. The lowest BCUT2D eigenvalue weighted by Crippen LogP contribution is -1.89. The second kappa shape index (κ2) is 5.49. The molecule has 6 heteroatoms. The summed E-state index contributed by atoms with van der Waals surface area (Å²) in [4.78, 5) is 0.744. The first-order valence-electron chi connectivity index (χ1n) is 8.55. The minimum atomic E-state index is 0.615. The van der Waals surface area contributed by atoms with Crippen LogP contribution in [0.5, 0.6) is 0 Å². The molecule has 3 aromatic carbocycles. The first-order valence-corrected chi connectivity index (χ1v) is 9.37. The van der Waals surface area contributed by atoms with E-state index in [0.29, 0.717) is 11.6 Å². The molecule has 6 rings (SSSR count). The van der Waals surface area contributed by atoms with Crippen LogP contribution in [0.4, 0.5) is 0 Å². The molecule has 0 spiro atoms. The smallest absolute Gasteiger partial charge is 0.235 e. The molecule has 0 amide bonds. The maximum Gasteiger partial charge on any atom is 0.235 e. The molecule has 0 radical (unpaired) electrons. The number of nitrogens with zero attached hydrogens (tertiary/aromatic N) is 4. The quantitative estimate of drug-likeness (QED) is 0.409. The first-order chi connectivity index (χ1) is 13.3.